The number of anilines is 1. The van der Waals surface area contributed by atoms with E-state index in [-0.39, 0.29) is 5.91 Å². The van der Waals surface area contributed by atoms with Gasteiger partial charge in [0.2, 0.25) is 11.7 Å². The second-order valence-electron chi connectivity index (χ2n) is 4.65. The lowest BCUT2D eigenvalue weighted by atomic mass is 10.1. The highest BCUT2D eigenvalue weighted by molar-refractivity contribution is 6.01. The van der Waals surface area contributed by atoms with Gasteiger partial charge in [-0.25, -0.2) is 0 Å². The second-order valence-corrected chi connectivity index (χ2v) is 4.65. The van der Waals surface area contributed by atoms with Crippen molar-refractivity contribution in [2.75, 3.05) is 26.6 Å². The van der Waals surface area contributed by atoms with Gasteiger partial charge in [0.15, 0.2) is 11.5 Å². The number of carbonyl (C=O) groups is 1. The molecule has 0 aliphatic heterocycles. The summed E-state index contributed by atoms with van der Waals surface area (Å²) in [5, 5.41) is 2.78. The molecule has 0 aliphatic rings. The zero-order valence-electron chi connectivity index (χ0n) is 13.3. The van der Waals surface area contributed by atoms with Gasteiger partial charge in [-0.05, 0) is 35.9 Å². The quantitative estimate of drug-likeness (QED) is 0.831. The van der Waals surface area contributed by atoms with Crippen molar-refractivity contribution in [1.82, 2.24) is 0 Å². The summed E-state index contributed by atoms with van der Waals surface area (Å²) in [6.45, 7) is 0. The fourth-order valence-electron chi connectivity index (χ4n) is 2.07. The fourth-order valence-corrected chi connectivity index (χ4v) is 2.07. The van der Waals surface area contributed by atoms with Crippen LogP contribution in [0.1, 0.15) is 5.56 Å². The molecule has 0 unspecified atom stereocenters. The number of benzene rings is 2. The fraction of sp³-hybridized carbons (Fsp3) is 0.167. The molecule has 23 heavy (non-hydrogen) atoms. The largest absolute Gasteiger partial charge is 0.493 e. The standard InChI is InChI=1S/C18H19NO4/c1-21-15-11-13(12-16(22-2)18(15)23-3)9-10-17(20)19-14-7-5-4-6-8-14/h4-12H,1-3H3,(H,19,20)/b10-9-. The number of para-hydroxylation sites is 1. The van der Waals surface area contributed by atoms with E-state index < -0.39 is 0 Å². The van der Waals surface area contributed by atoms with Crippen LogP contribution in [0.4, 0.5) is 5.69 Å². The first-order chi connectivity index (χ1) is 11.2. The van der Waals surface area contributed by atoms with Gasteiger partial charge in [0.05, 0.1) is 21.3 Å². The average molecular weight is 313 g/mol. The van der Waals surface area contributed by atoms with Gasteiger partial charge in [-0.15, -0.1) is 0 Å². The van der Waals surface area contributed by atoms with Crippen LogP contribution in [0.2, 0.25) is 0 Å². The van der Waals surface area contributed by atoms with Crippen LogP contribution in [0.25, 0.3) is 6.08 Å². The summed E-state index contributed by atoms with van der Waals surface area (Å²) in [6, 6.07) is 12.8. The lowest BCUT2D eigenvalue weighted by molar-refractivity contribution is -0.111. The molecule has 2 aromatic rings. The number of rotatable bonds is 6. The van der Waals surface area contributed by atoms with Crippen LogP contribution < -0.4 is 19.5 Å². The molecule has 0 fully saturated rings. The van der Waals surface area contributed by atoms with E-state index in [1.54, 1.807) is 39.5 Å². The van der Waals surface area contributed by atoms with E-state index in [9.17, 15) is 4.79 Å². The van der Waals surface area contributed by atoms with Crippen molar-refractivity contribution in [2.24, 2.45) is 0 Å². The predicted molar refractivity (Wildman–Crippen MR) is 90.2 cm³/mol. The smallest absolute Gasteiger partial charge is 0.248 e. The van der Waals surface area contributed by atoms with Gasteiger partial charge in [-0.3, -0.25) is 4.79 Å². The maximum Gasteiger partial charge on any atom is 0.248 e. The van der Waals surface area contributed by atoms with Gasteiger partial charge in [-0.1, -0.05) is 18.2 Å². The van der Waals surface area contributed by atoms with Crippen LogP contribution in [0.15, 0.2) is 48.5 Å². The zero-order chi connectivity index (χ0) is 16.7. The van der Waals surface area contributed by atoms with Gasteiger partial charge < -0.3 is 19.5 Å². The molecule has 120 valence electrons. The Labute approximate surface area is 135 Å². The Hall–Kier alpha value is -2.95. The Bertz CT molecular complexity index is 670. The van der Waals surface area contributed by atoms with Gasteiger partial charge in [0.25, 0.3) is 0 Å². The Kier molecular flexibility index (Phi) is 5.63. The predicted octanol–water partition coefficient (Wildman–Crippen LogP) is 3.36. The molecule has 1 N–H and O–H groups in total. The van der Waals surface area contributed by atoms with Crippen molar-refractivity contribution < 1.29 is 19.0 Å². The number of hydrogen-bond donors (Lipinski definition) is 1. The highest BCUT2D eigenvalue weighted by Crippen LogP contribution is 2.38. The first kappa shape index (κ1) is 16.4. The molecule has 0 radical (unpaired) electrons. The molecular formula is C18H19NO4. The molecule has 2 aromatic carbocycles. The first-order valence-electron chi connectivity index (χ1n) is 7.02. The number of nitrogens with one attached hydrogen (secondary N) is 1. The van der Waals surface area contributed by atoms with Gasteiger partial charge in [-0.2, -0.15) is 0 Å². The average Bonchev–Trinajstić information content (AvgIpc) is 2.59. The van der Waals surface area contributed by atoms with E-state index in [0.29, 0.717) is 17.2 Å². The molecule has 0 spiro atoms. The van der Waals surface area contributed by atoms with Crippen LogP contribution in [0.5, 0.6) is 17.2 Å². The summed E-state index contributed by atoms with van der Waals surface area (Å²) in [5.74, 6) is 1.37. The Morgan fingerprint density at radius 3 is 2.09 bits per heavy atom. The maximum atomic E-state index is 11.9. The molecule has 1 amide bonds. The second kappa shape index (κ2) is 7.89. The summed E-state index contributed by atoms with van der Waals surface area (Å²) in [6.07, 6.45) is 3.14. The SMILES string of the molecule is COc1cc(/C=C\C(=O)Nc2ccccc2)cc(OC)c1OC. The molecule has 0 aromatic heterocycles. The van der Waals surface area contributed by atoms with Crippen molar-refractivity contribution in [3.8, 4) is 17.2 Å². The number of ether oxygens (including phenoxy) is 3. The minimum Gasteiger partial charge on any atom is -0.493 e. The highest BCUT2D eigenvalue weighted by Gasteiger charge is 2.12. The summed E-state index contributed by atoms with van der Waals surface area (Å²) in [5.41, 5.74) is 1.51. The third kappa shape index (κ3) is 4.26. The third-order valence-electron chi connectivity index (χ3n) is 3.16. The van der Waals surface area contributed by atoms with Crippen LogP contribution in [-0.2, 0) is 4.79 Å². The summed E-state index contributed by atoms with van der Waals surface area (Å²) < 4.78 is 15.8. The molecule has 5 nitrogen and oxygen atoms in total. The van der Waals surface area contributed by atoms with Crippen molar-refractivity contribution in [1.29, 1.82) is 0 Å². The molecule has 0 bridgehead atoms. The molecule has 0 atom stereocenters. The third-order valence-corrected chi connectivity index (χ3v) is 3.16. The molecule has 0 heterocycles. The molecule has 0 saturated heterocycles. The lowest BCUT2D eigenvalue weighted by Crippen LogP contribution is -2.07. The zero-order valence-corrected chi connectivity index (χ0v) is 13.3. The monoisotopic (exact) mass is 313 g/mol. The van der Waals surface area contributed by atoms with Crippen molar-refractivity contribution in [3.05, 3.63) is 54.1 Å². The van der Waals surface area contributed by atoms with Crippen LogP contribution in [0.3, 0.4) is 0 Å². The lowest BCUT2D eigenvalue weighted by Gasteiger charge is -2.12. The van der Waals surface area contributed by atoms with Crippen LogP contribution in [-0.4, -0.2) is 27.2 Å². The van der Waals surface area contributed by atoms with E-state index in [0.717, 1.165) is 11.3 Å². The minimum absolute atomic E-state index is 0.218. The van der Waals surface area contributed by atoms with Crippen molar-refractivity contribution >= 4 is 17.7 Å². The van der Waals surface area contributed by atoms with E-state index in [1.165, 1.54) is 6.08 Å². The summed E-state index contributed by atoms with van der Waals surface area (Å²) >= 11 is 0. The Balaban J connectivity index is 2.17. The first-order valence-corrected chi connectivity index (χ1v) is 7.02. The van der Waals surface area contributed by atoms with Gasteiger partial charge >= 0.3 is 0 Å². The Morgan fingerprint density at radius 1 is 0.957 bits per heavy atom. The van der Waals surface area contributed by atoms with E-state index in [4.69, 9.17) is 14.2 Å². The number of carbonyl (C=O) groups excluding carboxylic acids is 1. The molecule has 0 saturated carbocycles. The topological polar surface area (TPSA) is 56.8 Å². The number of methoxy groups -OCH3 is 3. The maximum absolute atomic E-state index is 11.9. The number of amides is 1. The van der Waals surface area contributed by atoms with Crippen LogP contribution in [0, 0.1) is 0 Å². The summed E-state index contributed by atoms with van der Waals surface area (Å²) in [4.78, 5) is 11.9. The molecule has 0 aliphatic carbocycles. The minimum atomic E-state index is -0.218. The van der Waals surface area contributed by atoms with Gasteiger partial charge in [0, 0.05) is 11.8 Å². The Morgan fingerprint density at radius 2 is 1.57 bits per heavy atom. The molecule has 5 heteroatoms. The van der Waals surface area contributed by atoms with Crippen molar-refractivity contribution in [3.63, 3.8) is 0 Å². The normalized spacial score (nSPS) is 10.4. The van der Waals surface area contributed by atoms with Crippen LogP contribution >= 0.6 is 0 Å². The molecule has 2 rings (SSSR count). The van der Waals surface area contributed by atoms with E-state index >= 15 is 0 Å². The summed E-state index contributed by atoms with van der Waals surface area (Å²) in [7, 11) is 4.64. The number of hydrogen-bond acceptors (Lipinski definition) is 4. The highest BCUT2D eigenvalue weighted by atomic mass is 16.5. The van der Waals surface area contributed by atoms with E-state index in [2.05, 4.69) is 5.32 Å². The van der Waals surface area contributed by atoms with E-state index in [1.807, 2.05) is 30.3 Å². The molecular weight excluding hydrogens is 294 g/mol. The van der Waals surface area contributed by atoms with Gasteiger partial charge in [0.1, 0.15) is 0 Å². The van der Waals surface area contributed by atoms with Crippen molar-refractivity contribution in [2.45, 2.75) is 0 Å².